The van der Waals surface area contributed by atoms with E-state index in [4.69, 9.17) is 0 Å². The number of hydrogen-bond donors (Lipinski definition) is 1. The van der Waals surface area contributed by atoms with E-state index >= 15 is 0 Å². The molecule has 5 rings (SSSR count). The molecule has 0 bridgehead atoms. The minimum atomic E-state index is -0.619. The van der Waals surface area contributed by atoms with Crippen LogP contribution in [0.15, 0.2) is 97.2 Å². The maximum atomic E-state index is 13.3. The minimum Gasteiger partial charge on any atom is -0.312 e. The fraction of sp³-hybridized carbons (Fsp3) is 0.148. The summed E-state index contributed by atoms with van der Waals surface area (Å²) in [5, 5.41) is 2.94. The van der Waals surface area contributed by atoms with Crippen LogP contribution in [-0.2, 0) is 17.4 Å². The van der Waals surface area contributed by atoms with Crippen LogP contribution in [0.5, 0.6) is 0 Å². The molecule has 0 aliphatic carbocycles. The molecule has 33 heavy (non-hydrogen) atoms. The van der Waals surface area contributed by atoms with Gasteiger partial charge in [-0.1, -0.05) is 91.0 Å². The van der Waals surface area contributed by atoms with Gasteiger partial charge in [-0.25, -0.2) is 4.98 Å². The first kappa shape index (κ1) is 20.8. The van der Waals surface area contributed by atoms with Crippen LogP contribution in [0, 0.1) is 0 Å². The van der Waals surface area contributed by atoms with Gasteiger partial charge >= 0.3 is 0 Å². The molecule has 1 amide bonds. The summed E-state index contributed by atoms with van der Waals surface area (Å²) in [6.07, 6.45) is 2.18. The SMILES string of the molecule is Cn1c(NC(=O)[C@@H]2CN2C(c2ccccc2)(c2ccccc2)c2ccccc2)cnc1C=O. The number of benzene rings is 3. The zero-order chi connectivity index (χ0) is 22.8. The highest BCUT2D eigenvalue weighted by molar-refractivity contribution is 5.97. The second-order valence-corrected chi connectivity index (χ2v) is 8.14. The van der Waals surface area contributed by atoms with Crippen molar-refractivity contribution in [3.05, 3.63) is 120 Å². The number of aldehydes is 1. The van der Waals surface area contributed by atoms with Crippen LogP contribution in [-0.4, -0.2) is 39.2 Å². The zero-order valence-electron chi connectivity index (χ0n) is 18.3. The lowest BCUT2D eigenvalue weighted by atomic mass is 9.76. The number of carbonyl (C=O) groups excluding carboxylic acids is 2. The average molecular weight is 437 g/mol. The van der Waals surface area contributed by atoms with Crippen LogP contribution in [0.4, 0.5) is 5.82 Å². The van der Waals surface area contributed by atoms with E-state index in [0.717, 1.165) is 16.7 Å². The Balaban J connectivity index is 1.58. The summed E-state index contributed by atoms with van der Waals surface area (Å²) in [6, 6.07) is 30.6. The molecule has 0 radical (unpaired) electrons. The van der Waals surface area contributed by atoms with E-state index in [1.54, 1.807) is 11.6 Å². The van der Waals surface area contributed by atoms with Crippen molar-refractivity contribution < 1.29 is 9.59 Å². The largest absolute Gasteiger partial charge is 0.312 e. The van der Waals surface area contributed by atoms with E-state index in [2.05, 4.69) is 51.6 Å². The lowest BCUT2D eigenvalue weighted by Gasteiger charge is -2.38. The molecule has 0 spiro atoms. The molecule has 4 aromatic rings. The van der Waals surface area contributed by atoms with Gasteiger partial charge < -0.3 is 9.88 Å². The van der Waals surface area contributed by atoms with Crippen LogP contribution in [0.2, 0.25) is 0 Å². The Labute approximate surface area is 192 Å². The molecule has 1 aliphatic heterocycles. The molecular formula is C27H24N4O2. The van der Waals surface area contributed by atoms with Gasteiger partial charge in [-0.2, -0.15) is 0 Å². The molecular weight excluding hydrogens is 412 g/mol. The highest BCUT2D eigenvalue weighted by atomic mass is 16.2. The average Bonchev–Trinajstić information content (AvgIpc) is 3.60. The van der Waals surface area contributed by atoms with E-state index in [9.17, 15) is 9.59 Å². The summed E-state index contributed by atoms with van der Waals surface area (Å²) >= 11 is 0. The second kappa shape index (κ2) is 8.48. The second-order valence-electron chi connectivity index (χ2n) is 8.14. The van der Waals surface area contributed by atoms with E-state index in [1.165, 1.54) is 6.20 Å². The molecule has 1 aromatic heterocycles. The van der Waals surface area contributed by atoms with Crippen molar-refractivity contribution in [2.45, 2.75) is 11.6 Å². The van der Waals surface area contributed by atoms with E-state index < -0.39 is 5.54 Å². The Morgan fingerprint density at radius 2 is 1.39 bits per heavy atom. The number of nitrogens with one attached hydrogen (secondary N) is 1. The number of carbonyl (C=O) groups is 2. The quantitative estimate of drug-likeness (QED) is 0.272. The summed E-state index contributed by atoms with van der Waals surface area (Å²) in [5.41, 5.74) is 2.68. The zero-order valence-corrected chi connectivity index (χ0v) is 18.3. The number of amides is 1. The summed E-state index contributed by atoms with van der Waals surface area (Å²) in [7, 11) is 1.71. The first-order valence-electron chi connectivity index (χ1n) is 10.9. The Hall–Kier alpha value is -4.03. The van der Waals surface area contributed by atoms with Crippen molar-refractivity contribution in [1.82, 2.24) is 14.5 Å². The van der Waals surface area contributed by atoms with Gasteiger partial charge in [-0.15, -0.1) is 0 Å². The van der Waals surface area contributed by atoms with Gasteiger partial charge in [-0.3, -0.25) is 14.5 Å². The fourth-order valence-electron chi connectivity index (χ4n) is 4.63. The summed E-state index contributed by atoms with van der Waals surface area (Å²) in [6.45, 7) is 0.600. The molecule has 3 aromatic carbocycles. The molecule has 2 atom stereocenters. The van der Waals surface area contributed by atoms with Gasteiger partial charge in [0.1, 0.15) is 11.9 Å². The van der Waals surface area contributed by atoms with Crippen molar-refractivity contribution in [2.75, 3.05) is 11.9 Å². The lowest BCUT2D eigenvalue weighted by Crippen LogP contribution is -2.40. The summed E-state index contributed by atoms with van der Waals surface area (Å²) in [4.78, 5) is 30.7. The summed E-state index contributed by atoms with van der Waals surface area (Å²) < 4.78 is 1.58. The predicted molar refractivity (Wildman–Crippen MR) is 127 cm³/mol. The van der Waals surface area contributed by atoms with Gasteiger partial charge in [0, 0.05) is 13.6 Å². The van der Waals surface area contributed by atoms with Crippen LogP contribution in [0.1, 0.15) is 27.3 Å². The Morgan fingerprint density at radius 3 is 1.82 bits per heavy atom. The van der Waals surface area contributed by atoms with Crippen LogP contribution in [0.25, 0.3) is 0 Å². The summed E-state index contributed by atoms with van der Waals surface area (Å²) in [5.74, 6) is 0.645. The molecule has 6 nitrogen and oxygen atoms in total. The van der Waals surface area contributed by atoms with Gasteiger partial charge in [-0.05, 0) is 16.7 Å². The molecule has 1 saturated heterocycles. The highest BCUT2D eigenvalue weighted by Crippen LogP contribution is 2.48. The Morgan fingerprint density at radius 1 is 0.909 bits per heavy atom. The maximum absolute atomic E-state index is 13.3. The van der Waals surface area contributed by atoms with Crippen LogP contribution in [0.3, 0.4) is 0 Å². The van der Waals surface area contributed by atoms with Gasteiger partial charge in [0.2, 0.25) is 5.91 Å². The molecule has 0 saturated carbocycles. The van der Waals surface area contributed by atoms with Gasteiger partial charge in [0.05, 0.1) is 11.7 Å². The van der Waals surface area contributed by atoms with E-state index in [-0.39, 0.29) is 17.8 Å². The lowest BCUT2D eigenvalue weighted by molar-refractivity contribution is -0.116. The third-order valence-corrected chi connectivity index (χ3v) is 6.30. The van der Waals surface area contributed by atoms with Crippen molar-refractivity contribution in [2.24, 2.45) is 7.05 Å². The molecule has 1 unspecified atom stereocenters. The number of aromatic nitrogens is 2. The van der Waals surface area contributed by atoms with Crippen LogP contribution >= 0.6 is 0 Å². The normalized spacial score (nSPS) is 17.4. The molecule has 1 aliphatic rings. The number of hydrogen-bond acceptors (Lipinski definition) is 4. The number of imidazole rings is 1. The third kappa shape index (κ3) is 3.54. The Bertz CT molecular complexity index is 1170. The topological polar surface area (TPSA) is 67.0 Å². The monoisotopic (exact) mass is 436 g/mol. The maximum Gasteiger partial charge on any atom is 0.244 e. The standard InChI is InChI=1S/C27H24N4O2/c1-30-24(17-28-25(30)19-32)29-26(33)23-18-31(23)27(20-11-5-2-6-12-20,21-13-7-3-8-14-21)22-15-9-4-10-16-22/h2-17,19,23H,18H2,1H3,(H,29,33)/t23-,31?/m0/s1. The van der Waals surface area contributed by atoms with Crippen molar-refractivity contribution in [1.29, 1.82) is 0 Å². The first-order valence-corrected chi connectivity index (χ1v) is 10.9. The smallest absolute Gasteiger partial charge is 0.244 e. The van der Waals surface area contributed by atoms with Crippen LogP contribution < -0.4 is 5.32 Å². The minimum absolute atomic E-state index is 0.123. The van der Waals surface area contributed by atoms with E-state index in [1.807, 2.05) is 54.6 Å². The molecule has 6 heteroatoms. The number of anilines is 1. The fourth-order valence-corrected chi connectivity index (χ4v) is 4.63. The molecule has 164 valence electrons. The number of rotatable bonds is 7. The highest BCUT2D eigenvalue weighted by Gasteiger charge is 2.56. The van der Waals surface area contributed by atoms with Crippen molar-refractivity contribution in [3.63, 3.8) is 0 Å². The third-order valence-electron chi connectivity index (χ3n) is 6.30. The molecule has 1 fully saturated rings. The Kier molecular flexibility index (Phi) is 5.36. The van der Waals surface area contributed by atoms with Gasteiger partial charge in [0.25, 0.3) is 0 Å². The molecule has 1 N–H and O–H groups in total. The van der Waals surface area contributed by atoms with E-state index in [0.29, 0.717) is 18.6 Å². The predicted octanol–water partition coefficient (Wildman–Crippen LogP) is 3.85. The first-order chi connectivity index (χ1) is 16.2. The van der Waals surface area contributed by atoms with Gasteiger partial charge in [0.15, 0.2) is 12.1 Å². The van der Waals surface area contributed by atoms with Crippen molar-refractivity contribution >= 4 is 18.0 Å². The number of nitrogens with zero attached hydrogens (tertiary/aromatic N) is 3. The van der Waals surface area contributed by atoms with Crippen molar-refractivity contribution in [3.8, 4) is 0 Å². The molecule has 2 heterocycles.